The molecule has 0 saturated heterocycles. The molecule has 3 nitrogen and oxygen atoms in total. The number of hydrogen-bond acceptors (Lipinski definition) is 2. The number of aliphatic hydroxyl groups is 1. The molecule has 1 saturated carbocycles. The van der Waals surface area contributed by atoms with Crippen molar-refractivity contribution < 1.29 is 14.3 Å². The molecule has 0 aromatic heterocycles. The van der Waals surface area contributed by atoms with Gasteiger partial charge in [-0.05, 0) is 31.4 Å². The van der Waals surface area contributed by atoms with Gasteiger partial charge in [0.2, 0.25) is 0 Å². The van der Waals surface area contributed by atoms with Gasteiger partial charge in [-0.2, -0.15) is 0 Å². The molecular formula is C12H14FNO2. The van der Waals surface area contributed by atoms with Gasteiger partial charge in [-0.25, -0.2) is 4.39 Å². The van der Waals surface area contributed by atoms with Crippen LogP contribution in [0.15, 0.2) is 24.3 Å². The first-order valence-electron chi connectivity index (χ1n) is 5.36. The topological polar surface area (TPSA) is 49.3 Å². The van der Waals surface area contributed by atoms with E-state index >= 15 is 0 Å². The van der Waals surface area contributed by atoms with Crippen LogP contribution in [-0.2, 0) is 0 Å². The Morgan fingerprint density at radius 3 is 2.69 bits per heavy atom. The zero-order valence-corrected chi connectivity index (χ0v) is 8.87. The highest BCUT2D eigenvalue weighted by molar-refractivity contribution is 5.94. The van der Waals surface area contributed by atoms with E-state index in [0.29, 0.717) is 12.8 Å². The molecule has 0 aliphatic heterocycles. The summed E-state index contributed by atoms with van der Waals surface area (Å²) in [6.07, 6.45) is 2.38. The molecule has 2 N–H and O–H groups in total. The number of rotatable bonds is 3. The minimum absolute atomic E-state index is 0.0189. The molecule has 1 aromatic rings. The van der Waals surface area contributed by atoms with E-state index in [1.165, 1.54) is 18.2 Å². The molecule has 16 heavy (non-hydrogen) atoms. The predicted octanol–water partition coefficient (Wildman–Crippen LogP) is 1.47. The quantitative estimate of drug-likeness (QED) is 0.815. The van der Waals surface area contributed by atoms with Gasteiger partial charge in [-0.3, -0.25) is 4.79 Å². The summed E-state index contributed by atoms with van der Waals surface area (Å²) in [5, 5.41) is 12.3. The SMILES string of the molecule is O=C(NCC1(O)CCC1)c1ccccc1F. The summed E-state index contributed by atoms with van der Waals surface area (Å²) in [6, 6.07) is 5.81. The number of carbonyl (C=O) groups excluding carboxylic acids is 1. The van der Waals surface area contributed by atoms with Crippen LogP contribution in [0.5, 0.6) is 0 Å². The first-order chi connectivity index (χ1) is 7.61. The molecule has 0 heterocycles. The first kappa shape index (κ1) is 11.1. The Labute approximate surface area is 93.3 Å². The van der Waals surface area contributed by atoms with E-state index in [9.17, 15) is 14.3 Å². The third kappa shape index (κ3) is 2.22. The number of nitrogens with one attached hydrogen (secondary N) is 1. The normalized spacial score (nSPS) is 17.6. The average Bonchev–Trinajstić information content (AvgIpc) is 2.24. The minimum Gasteiger partial charge on any atom is -0.388 e. The highest BCUT2D eigenvalue weighted by Gasteiger charge is 2.34. The molecule has 1 aromatic carbocycles. The minimum atomic E-state index is -0.777. The Kier molecular flexibility index (Phi) is 2.92. The Balaban J connectivity index is 1.96. The second-order valence-electron chi connectivity index (χ2n) is 4.24. The maximum Gasteiger partial charge on any atom is 0.254 e. The highest BCUT2D eigenvalue weighted by atomic mass is 19.1. The van der Waals surface area contributed by atoms with Crippen molar-refractivity contribution in [1.29, 1.82) is 0 Å². The summed E-state index contributed by atoms with van der Waals surface area (Å²) >= 11 is 0. The van der Waals surface area contributed by atoms with E-state index in [-0.39, 0.29) is 12.1 Å². The summed E-state index contributed by atoms with van der Waals surface area (Å²) in [4.78, 5) is 11.6. The smallest absolute Gasteiger partial charge is 0.254 e. The van der Waals surface area contributed by atoms with Crippen LogP contribution >= 0.6 is 0 Å². The van der Waals surface area contributed by atoms with Crippen molar-refractivity contribution in [2.75, 3.05) is 6.54 Å². The molecule has 4 heteroatoms. The van der Waals surface area contributed by atoms with Gasteiger partial charge < -0.3 is 10.4 Å². The molecule has 0 radical (unpaired) electrons. The van der Waals surface area contributed by atoms with Crippen molar-refractivity contribution in [3.05, 3.63) is 35.6 Å². The van der Waals surface area contributed by atoms with Crippen LogP contribution in [0.3, 0.4) is 0 Å². The summed E-state index contributed by atoms with van der Waals surface area (Å²) in [6.45, 7) is 0.195. The maximum absolute atomic E-state index is 13.2. The Hall–Kier alpha value is -1.42. The second kappa shape index (κ2) is 4.22. The molecule has 0 bridgehead atoms. The first-order valence-corrected chi connectivity index (χ1v) is 5.36. The molecule has 0 unspecified atom stereocenters. The molecule has 1 amide bonds. The van der Waals surface area contributed by atoms with Crippen molar-refractivity contribution >= 4 is 5.91 Å². The van der Waals surface area contributed by atoms with Crippen molar-refractivity contribution in [1.82, 2.24) is 5.32 Å². The highest BCUT2D eigenvalue weighted by Crippen LogP contribution is 2.30. The van der Waals surface area contributed by atoms with Gasteiger partial charge in [0.05, 0.1) is 11.2 Å². The molecule has 0 atom stereocenters. The fourth-order valence-corrected chi connectivity index (χ4v) is 1.75. The third-order valence-electron chi connectivity index (χ3n) is 2.98. The van der Waals surface area contributed by atoms with Gasteiger partial charge in [0.15, 0.2) is 0 Å². The van der Waals surface area contributed by atoms with E-state index in [1.54, 1.807) is 6.07 Å². The summed E-state index contributed by atoms with van der Waals surface area (Å²) in [7, 11) is 0. The van der Waals surface area contributed by atoms with Crippen LogP contribution in [0.1, 0.15) is 29.6 Å². The zero-order valence-electron chi connectivity index (χ0n) is 8.87. The monoisotopic (exact) mass is 223 g/mol. The summed E-state index contributed by atoms with van der Waals surface area (Å²) < 4.78 is 13.2. The summed E-state index contributed by atoms with van der Waals surface area (Å²) in [5.41, 5.74) is -0.758. The lowest BCUT2D eigenvalue weighted by atomic mass is 9.80. The molecule has 1 aliphatic carbocycles. The molecule has 1 aliphatic rings. The molecular weight excluding hydrogens is 209 g/mol. The number of carbonyl (C=O) groups is 1. The Morgan fingerprint density at radius 2 is 2.12 bits per heavy atom. The van der Waals surface area contributed by atoms with Crippen LogP contribution in [0.25, 0.3) is 0 Å². The fourth-order valence-electron chi connectivity index (χ4n) is 1.75. The molecule has 86 valence electrons. The largest absolute Gasteiger partial charge is 0.388 e. The van der Waals surface area contributed by atoms with Crippen LogP contribution in [0.2, 0.25) is 0 Å². The van der Waals surface area contributed by atoms with Gasteiger partial charge in [0.1, 0.15) is 5.82 Å². The zero-order chi connectivity index (χ0) is 11.6. The number of amides is 1. The van der Waals surface area contributed by atoms with Crippen molar-refractivity contribution in [2.24, 2.45) is 0 Å². The summed E-state index contributed by atoms with van der Waals surface area (Å²) in [5.74, 6) is -1.01. The van der Waals surface area contributed by atoms with E-state index < -0.39 is 17.3 Å². The van der Waals surface area contributed by atoms with Crippen LogP contribution in [0.4, 0.5) is 4.39 Å². The van der Waals surface area contributed by atoms with E-state index in [4.69, 9.17) is 0 Å². The fraction of sp³-hybridized carbons (Fsp3) is 0.417. The van der Waals surface area contributed by atoms with E-state index in [1.807, 2.05) is 0 Å². The number of benzene rings is 1. The van der Waals surface area contributed by atoms with Gasteiger partial charge >= 0.3 is 0 Å². The Morgan fingerprint density at radius 1 is 1.44 bits per heavy atom. The van der Waals surface area contributed by atoms with Gasteiger partial charge in [0, 0.05) is 6.54 Å². The van der Waals surface area contributed by atoms with Gasteiger partial charge in [-0.15, -0.1) is 0 Å². The standard InChI is InChI=1S/C12H14FNO2/c13-10-5-2-1-4-9(10)11(15)14-8-12(16)6-3-7-12/h1-2,4-5,16H,3,6-8H2,(H,14,15). The lowest BCUT2D eigenvalue weighted by molar-refractivity contribution is -0.0300. The van der Waals surface area contributed by atoms with Gasteiger partial charge in [-0.1, -0.05) is 12.1 Å². The van der Waals surface area contributed by atoms with Crippen molar-refractivity contribution in [3.63, 3.8) is 0 Å². The third-order valence-corrected chi connectivity index (χ3v) is 2.98. The van der Waals surface area contributed by atoms with Crippen LogP contribution < -0.4 is 5.32 Å². The van der Waals surface area contributed by atoms with Gasteiger partial charge in [0.25, 0.3) is 5.91 Å². The van der Waals surface area contributed by atoms with E-state index in [0.717, 1.165) is 6.42 Å². The van der Waals surface area contributed by atoms with E-state index in [2.05, 4.69) is 5.32 Å². The number of hydrogen-bond donors (Lipinski definition) is 2. The van der Waals surface area contributed by atoms with Crippen molar-refractivity contribution in [2.45, 2.75) is 24.9 Å². The molecule has 0 spiro atoms. The van der Waals surface area contributed by atoms with Crippen molar-refractivity contribution in [3.8, 4) is 0 Å². The number of halogens is 1. The predicted molar refractivity (Wildman–Crippen MR) is 57.5 cm³/mol. The lowest BCUT2D eigenvalue weighted by Crippen LogP contribution is -2.47. The van der Waals surface area contributed by atoms with Crippen LogP contribution in [-0.4, -0.2) is 23.2 Å². The second-order valence-corrected chi connectivity index (χ2v) is 4.24. The Bertz CT molecular complexity index is 402. The average molecular weight is 223 g/mol. The van der Waals surface area contributed by atoms with Crippen LogP contribution in [0, 0.1) is 5.82 Å². The molecule has 2 rings (SSSR count). The maximum atomic E-state index is 13.2. The molecule has 1 fully saturated rings. The lowest BCUT2D eigenvalue weighted by Gasteiger charge is -2.36.